The minimum absolute atomic E-state index is 0.185. The molecule has 1 amide bonds. The van der Waals surface area contributed by atoms with Crippen LogP contribution in [0.2, 0.25) is 0 Å². The Balaban J connectivity index is 1.91. The van der Waals surface area contributed by atoms with Gasteiger partial charge < -0.3 is 14.5 Å². The Morgan fingerprint density at radius 3 is 2.64 bits per heavy atom. The van der Waals surface area contributed by atoms with Gasteiger partial charge in [-0.2, -0.15) is 0 Å². The first kappa shape index (κ1) is 15.3. The summed E-state index contributed by atoms with van der Waals surface area (Å²) in [7, 11) is 0. The van der Waals surface area contributed by atoms with Gasteiger partial charge in [0.2, 0.25) is 0 Å². The van der Waals surface area contributed by atoms with Crippen LogP contribution in [0.1, 0.15) is 34.7 Å². The maximum absolute atomic E-state index is 12.5. The van der Waals surface area contributed by atoms with Gasteiger partial charge in [-0.15, -0.1) is 0 Å². The first-order valence-electron chi connectivity index (χ1n) is 7.32. The third-order valence-electron chi connectivity index (χ3n) is 4.04. The number of nitrogens with one attached hydrogen (secondary N) is 1. The van der Waals surface area contributed by atoms with Gasteiger partial charge in [-0.05, 0) is 49.6 Å². The molecule has 1 aromatic carbocycles. The van der Waals surface area contributed by atoms with Gasteiger partial charge in [0.25, 0.3) is 5.91 Å². The van der Waals surface area contributed by atoms with Crippen molar-refractivity contribution >= 4 is 21.8 Å². The number of hydrogen-bond donors (Lipinski definition) is 1. The number of carbonyl (C=O) groups excluding carboxylic acids is 1. The molecule has 2 aromatic rings. The lowest BCUT2D eigenvalue weighted by Gasteiger charge is -2.38. The van der Waals surface area contributed by atoms with Crippen LogP contribution in [0, 0.1) is 6.92 Å². The van der Waals surface area contributed by atoms with Crippen LogP contribution in [0.25, 0.3) is 0 Å². The SMILES string of the molecule is Cc1ccc(C(=O)NC2(c3cccc(Br)c3)CCOCC2)o1. The molecule has 0 saturated carbocycles. The summed E-state index contributed by atoms with van der Waals surface area (Å²) in [5.74, 6) is 0.891. The predicted octanol–water partition coefficient (Wildman–Crippen LogP) is 3.79. The largest absolute Gasteiger partial charge is 0.456 e. The second kappa shape index (κ2) is 6.26. The summed E-state index contributed by atoms with van der Waals surface area (Å²) < 4.78 is 11.9. The molecule has 0 aliphatic carbocycles. The van der Waals surface area contributed by atoms with Crippen molar-refractivity contribution < 1.29 is 13.9 Å². The number of amides is 1. The van der Waals surface area contributed by atoms with Crippen LogP contribution in [-0.2, 0) is 10.3 Å². The van der Waals surface area contributed by atoms with Crippen molar-refractivity contribution in [2.75, 3.05) is 13.2 Å². The Labute approximate surface area is 138 Å². The summed E-state index contributed by atoms with van der Waals surface area (Å²) in [5, 5.41) is 3.17. The zero-order valence-corrected chi connectivity index (χ0v) is 14.0. The molecule has 1 fully saturated rings. The van der Waals surface area contributed by atoms with Crippen molar-refractivity contribution in [2.24, 2.45) is 0 Å². The molecule has 5 heteroatoms. The second-order valence-electron chi connectivity index (χ2n) is 5.57. The Bertz CT molecular complexity index is 674. The Kier molecular flexibility index (Phi) is 4.36. The highest BCUT2D eigenvalue weighted by Crippen LogP contribution is 2.34. The monoisotopic (exact) mass is 363 g/mol. The van der Waals surface area contributed by atoms with E-state index >= 15 is 0 Å². The molecule has 3 rings (SSSR count). The van der Waals surface area contributed by atoms with Gasteiger partial charge in [0, 0.05) is 17.7 Å². The van der Waals surface area contributed by atoms with E-state index in [1.54, 1.807) is 12.1 Å². The Morgan fingerprint density at radius 2 is 2.00 bits per heavy atom. The highest BCUT2D eigenvalue weighted by Gasteiger charge is 2.36. The normalized spacial score (nSPS) is 17.2. The molecular weight excluding hydrogens is 346 g/mol. The number of hydrogen-bond acceptors (Lipinski definition) is 3. The van der Waals surface area contributed by atoms with E-state index in [1.165, 1.54) is 0 Å². The summed E-state index contributed by atoms with van der Waals surface area (Å²) >= 11 is 3.50. The Morgan fingerprint density at radius 1 is 1.23 bits per heavy atom. The van der Waals surface area contributed by atoms with Crippen molar-refractivity contribution in [3.8, 4) is 0 Å². The van der Waals surface area contributed by atoms with Gasteiger partial charge >= 0.3 is 0 Å². The van der Waals surface area contributed by atoms with Gasteiger partial charge in [0.1, 0.15) is 5.76 Å². The fourth-order valence-electron chi connectivity index (χ4n) is 2.83. The highest BCUT2D eigenvalue weighted by molar-refractivity contribution is 9.10. The van der Waals surface area contributed by atoms with E-state index < -0.39 is 5.54 Å². The molecule has 0 unspecified atom stereocenters. The average Bonchev–Trinajstić information content (AvgIpc) is 2.95. The molecule has 0 bridgehead atoms. The van der Waals surface area contributed by atoms with Crippen molar-refractivity contribution in [3.63, 3.8) is 0 Å². The number of carbonyl (C=O) groups is 1. The van der Waals surface area contributed by atoms with Crippen LogP contribution in [0.15, 0.2) is 45.3 Å². The van der Waals surface area contributed by atoms with E-state index in [4.69, 9.17) is 9.15 Å². The molecule has 22 heavy (non-hydrogen) atoms. The van der Waals surface area contributed by atoms with E-state index in [9.17, 15) is 4.79 Å². The summed E-state index contributed by atoms with van der Waals surface area (Å²) in [6.45, 7) is 3.09. The fourth-order valence-corrected chi connectivity index (χ4v) is 3.23. The lowest BCUT2D eigenvalue weighted by atomic mass is 9.82. The van der Waals surface area contributed by atoms with Gasteiger partial charge in [0.05, 0.1) is 5.54 Å². The third kappa shape index (κ3) is 3.10. The molecule has 4 nitrogen and oxygen atoms in total. The molecule has 116 valence electrons. The fraction of sp³-hybridized carbons (Fsp3) is 0.353. The molecule has 1 N–H and O–H groups in total. The topological polar surface area (TPSA) is 51.5 Å². The highest BCUT2D eigenvalue weighted by atomic mass is 79.9. The summed E-state index contributed by atoms with van der Waals surface area (Å²) in [6.07, 6.45) is 1.49. The predicted molar refractivity (Wildman–Crippen MR) is 86.8 cm³/mol. The molecule has 1 aliphatic heterocycles. The van der Waals surface area contributed by atoms with Crippen LogP contribution in [0.5, 0.6) is 0 Å². The van der Waals surface area contributed by atoms with Crippen molar-refractivity contribution in [3.05, 3.63) is 58.0 Å². The van der Waals surface area contributed by atoms with E-state index in [-0.39, 0.29) is 5.91 Å². The lowest BCUT2D eigenvalue weighted by Crippen LogP contribution is -2.49. The molecule has 1 aliphatic rings. The van der Waals surface area contributed by atoms with Crippen LogP contribution in [0.3, 0.4) is 0 Å². The van der Waals surface area contributed by atoms with Gasteiger partial charge in [-0.25, -0.2) is 0 Å². The maximum atomic E-state index is 12.5. The minimum Gasteiger partial charge on any atom is -0.456 e. The number of halogens is 1. The van der Waals surface area contributed by atoms with E-state index in [1.807, 2.05) is 25.1 Å². The smallest absolute Gasteiger partial charge is 0.287 e. The number of benzene rings is 1. The average molecular weight is 364 g/mol. The number of furan rings is 1. The molecule has 2 heterocycles. The van der Waals surface area contributed by atoms with E-state index in [0.29, 0.717) is 19.0 Å². The summed E-state index contributed by atoms with van der Waals surface area (Å²) in [6, 6.07) is 11.6. The number of ether oxygens (including phenoxy) is 1. The van der Waals surface area contributed by atoms with Crippen molar-refractivity contribution in [2.45, 2.75) is 25.3 Å². The Hall–Kier alpha value is -1.59. The van der Waals surface area contributed by atoms with Crippen LogP contribution in [0.4, 0.5) is 0 Å². The first-order valence-corrected chi connectivity index (χ1v) is 8.11. The zero-order valence-electron chi connectivity index (χ0n) is 12.4. The lowest BCUT2D eigenvalue weighted by molar-refractivity contribution is 0.0337. The van der Waals surface area contributed by atoms with Crippen LogP contribution >= 0.6 is 15.9 Å². The quantitative estimate of drug-likeness (QED) is 0.902. The molecule has 0 spiro atoms. The van der Waals surface area contributed by atoms with Gasteiger partial charge in [0.15, 0.2) is 5.76 Å². The standard InChI is InChI=1S/C17H18BrNO3/c1-12-5-6-15(22-12)16(20)19-17(7-9-21-10-8-17)13-3-2-4-14(18)11-13/h2-6,11H,7-10H2,1H3,(H,19,20). The molecule has 1 saturated heterocycles. The van der Waals surface area contributed by atoms with Crippen LogP contribution in [-0.4, -0.2) is 19.1 Å². The second-order valence-corrected chi connectivity index (χ2v) is 6.48. The molecule has 1 aromatic heterocycles. The zero-order chi connectivity index (χ0) is 15.6. The summed E-state index contributed by atoms with van der Waals surface area (Å²) in [5.41, 5.74) is 0.668. The van der Waals surface area contributed by atoms with E-state index in [2.05, 4.69) is 27.3 Å². The first-order chi connectivity index (χ1) is 10.6. The van der Waals surface area contributed by atoms with Crippen molar-refractivity contribution in [1.29, 1.82) is 0 Å². The van der Waals surface area contributed by atoms with Gasteiger partial charge in [-0.3, -0.25) is 4.79 Å². The molecular formula is C17H18BrNO3. The van der Waals surface area contributed by atoms with Gasteiger partial charge in [-0.1, -0.05) is 28.1 Å². The molecule has 0 atom stereocenters. The number of rotatable bonds is 3. The number of aryl methyl sites for hydroxylation is 1. The third-order valence-corrected chi connectivity index (χ3v) is 4.53. The summed E-state index contributed by atoms with van der Waals surface area (Å²) in [4.78, 5) is 12.5. The minimum atomic E-state index is -0.417. The van der Waals surface area contributed by atoms with Crippen molar-refractivity contribution in [1.82, 2.24) is 5.32 Å². The van der Waals surface area contributed by atoms with E-state index in [0.717, 1.165) is 28.6 Å². The van der Waals surface area contributed by atoms with Crippen LogP contribution < -0.4 is 5.32 Å². The maximum Gasteiger partial charge on any atom is 0.287 e. The molecule has 0 radical (unpaired) electrons.